The molecule has 0 spiro atoms. The second kappa shape index (κ2) is 7.72. The Labute approximate surface area is 161 Å². The third-order valence-electron chi connectivity index (χ3n) is 4.74. The molecule has 4 rings (SSSR count). The fourth-order valence-electron chi connectivity index (χ4n) is 3.38. The summed E-state index contributed by atoms with van der Waals surface area (Å²) in [5.74, 6) is -0.278. The second-order valence-corrected chi connectivity index (χ2v) is 7.35. The molecule has 1 atom stereocenters. The standard InChI is InChI=1S/C21H19N3O2S/c25-19(23-21-22-12-13-27-21)18(11-10-15-6-2-1-3-7-15)24-14-16-8-4-5-9-17(16)20(24)26/h1-9,12-13,18H,10-11,14H2,(H,22,23,25)/t18-/m0/s1. The largest absolute Gasteiger partial charge is 0.322 e. The van der Waals surface area contributed by atoms with E-state index >= 15 is 0 Å². The molecule has 2 aromatic carbocycles. The van der Waals surface area contributed by atoms with Gasteiger partial charge in [-0.25, -0.2) is 4.98 Å². The number of hydrogen-bond acceptors (Lipinski definition) is 4. The molecule has 0 aliphatic carbocycles. The van der Waals surface area contributed by atoms with Crippen LogP contribution in [0.15, 0.2) is 66.2 Å². The first kappa shape index (κ1) is 17.4. The van der Waals surface area contributed by atoms with E-state index in [1.54, 1.807) is 11.1 Å². The summed E-state index contributed by atoms with van der Waals surface area (Å²) in [5.41, 5.74) is 2.80. The molecule has 0 saturated carbocycles. The number of hydrogen-bond donors (Lipinski definition) is 1. The van der Waals surface area contributed by atoms with Crippen LogP contribution in [0.3, 0.4) is 0 Å². The van der Waals surface area contributed by atoms with Crippen molar-refractivity contribution in [2.75, 3.05) is 5.32 Å². The van der Waals surface area contributed by atoms with Crippen LogP contribution in [0, 0.1) is 0 Å². The van der Waals surface area contributed by atoms with Crippen molar-refractivity contribution in [3.05, 3.63) is 82.9 Å². The number of benzene rings is 2. The number of nitrogens with one attached hydrogen (secondary N) is 1. The van der Waals surface area contributed by atoms with Crippen molar-refractivity contribution in [2.24, 2.45) is 0 Å². The molecule has 1 N–H and O–H groups in total. The van der Waals surface area contributed by atoms with E-state index in [0.29, 0.717) is 23.7 Å². The average molecular weight is 377 g/mol. The van der Waals surface area contributed by atoms with E-state index in [1.165, 1.54) is 11.3 Å². The van der Waals surface area contributed by atoms with Gasteiger partial charge in [-0.2, -0.15) is 0 Å². The van der Waals surface area contributed by atoms with Gasteiger partial charge in [0.2, 0.25) is 5.91 Å². The van der Waals surface area contributed by atoms with E-state index in [1.807, 2.05) is 60.0 Å². The summed E-state index contributed by atoms with van der Waals surface area (Å²) in [6, 6.07) is 17.0. The molecule has 3 aromatic rings. The molecule has 136 valence electrons. The molecule has 2 heterocycles. The van der Waals surface area contributed by atoms with Crippen molar-refractivity contribution in [2.45, 2.75) is 25.4 Å². The molecule has 1 aliphatic heterocycles. The predicted molar refractivity (Wildman–Crippen MR) is 106 cm³/mol. The van der Waals surface area contributed by atoms with Crippen molar-refractivity contribution in [1.29, 1.82) is 0 Å². The SMILES string of the molecule is O=C(Nc1nccs1)[C@H](CCc1ccccc1)N1Cc2ccccc2C1=O. The zero-order chi connectivity index (χ0) is 18.6. The molecule has 0 fully saturated rings. The average Bonchev–Trinajstić information content (AvgIpc) is 3.32. The Bertz CT molecular complexity index is 941. The molecule has 1 aromatic heterocycles. The van der Waals surface area contributed by atoms with E-state index in [9.17, 15) is 9.59 Å². The number of amides is 2. The molecular formula is C21H19N3O2S. The lowest BCUT2D eigenvalue weighted by atomic mass is 10.0. The number of thiazole rings is 1. The Hall–Kier alpha value is -2.99. The van der Waals surface area contributed by atoms with Crippen LogP contribution in [0.1, 0.15) is 27.9 Å². The highest BCUT2D eigenvalue weighted by Gasteiger charge is 2.36. The molecule has 1 aliphatic rings. The molecule has 0 radical (unpaired) electrons. The van der Waals surface area contributed by atoms with Crippen LogP contribution in [-0.2, 0) is 17.8 Å². The number of fused-ring (bicyclic) bond motifs is 1. The highest BCUT2D eigenvalue weighted by atomic mass is 32.1. The number of carbonyl (C=O) groups excluding carboxylic acids is 2. The molecular weight excluding hydrogens is 358 g/mol. The van der Waals surface area contributed by atoms with Crippen LogP contribution in [0.4, 0.5) is 5.13 Å². The fourth-order valence-corrected chi connectivity index (χ4v) is 3.91. The zero-order valence-corrected chi connectivity index (χ0v) is 15.5. The quantitative estimate of drug-likeness (QED) is 0.712. The maximum Gasteiger partial charge on any atom is 0.255 e. The normalized spacial score (nSPS) is 14.1. The topological polar surface area (TPSA) is 62.3 Å². The van der Waals surface area contributed by atoms with E-state index in [0.717, 1.165) is 17.5 Å². The molecule has 5 nitrogen and oxygen atoms in total. The summed E-state index contributed by atoms with van der Waals surface area (Å²) in [7, 11) is 0. The zero-order valence-electron chi connectivity index (χ0n) is 14.7. The smallest absolute Gasteiger partial charge is 0.255 e. The first-order valence-electron chi connectivity index (χ1n) is 8.85. The van der Waals surface area contributed by atoms with E-state index in [-0.39, 0.29) is 11.8 Å². The fraction of sp³-hybridized carbons (Fsp3) is 0.190. The summed E-state index contributed by atoms with van der Waals surface area (Å²) >= 11 is 1.37. The van der Waals surface area contributed by atoms with Crippen molar-refractivity contribution in [3.8, 4) is 0 Å². The summed E-state index contributed by atoms with van der Waals surface area (Å²) < 4.78 is 0. The van der Waals surface area contributed by atoms with Crippen LogP contribution in [0.2, 0.25) is 0 Å². The maximum absolute atomic E-state index is 13.0. The van der Waals surface area contributed by atoms with Gasteiger partial charge >= 0.3 is 0 Å². The highest BCUT2D eigenvalue weighted by Crippen LogP contribution is 2.27. The second-order valence-electron chi connectivity index (χ2n) is 6.46. The van der Waals surface area contributed by atoms with Gasteiger partial charge in [-0.3, -0.25) is 9.59 Å². The van der Waals surface area contributed by atoms with Gasteiger partial charge in [-0.05, 0) is 30.0 Å². The minimum absolute atomic E-state index is 0.0852. The summed E-state index contributed by atoms with van der Waals surface area (Å²) in [6.07, 6.45) is 2.92. The molecule has 6 heteroatoms. The van der Waals surface area contributed by atoms with Crippen LogP contribution >= 0.6 is 11.3 Å². The van der Waals surface area contributed by atoms with Gasteiger partial charge < -0.3 is 10.2 Å². The van der Waals surface area contributed by atoms with Gasteiger partial charge in [0, 0.05) is 23.7 Å². The summed E-state index contributed by atoms with van der Waals surface area (Å²) in [4.78, 5) is 31.7. The van der Waals surface area contributed by atoms with Gasteiger partial charge in [0.15, 0.2) is 5.13 Å². The Morgan fingerprint density at radius 2 is 1.93 bits per heavy atom. The van der Waals surface area contributed by atoms with E-state index < -0.39 is 6.04 Å². The van der Waals surface area contributed by atoms with Crippen LogP contribution in [0.5, 0.6) is 0 Å². The minimum Gasteiger partial charge on any atom is -0.322 e. The monoisotopic (exact) mass is 377 g/mol. The number of anilines is 1. The van der Waals surface area contributed by atoms with Crippen molar-refractivity contribution >= 4 is 28.3 Å². The lowest BCUT2D eigenvalue weighted by Crippen LogP contribution is -2.44. The third-order valence-corrected chi connectivity index (χ3v) is 5.43. The Balaban J connectivity index is 1.56. The van der Waals surface area contributed by atoms with Crippen molar-refractivity contribution in [1.82, 2.24) is 9.88 Å². The predicted octanol–water partition coefficient (Wildman–Crippen LogP) is 3.74. The molecule has 2 amide bonds. The number of rotatable bonds is 6. The van der Waals surface area contributed by atoms with Gasteiger partial charge in [0.05, 0.1) is 0 Å². The Morgan fingerprint density at radius 1 is 1.15 bits per heavy atom. The van der Waals surface area contributed by atoms with Gasteiger partial charge in [0.25, 0.3) is 5.91 Å². The van der Waals surface area contributed by atoms with Crippen LogP contribution in [-0.4, -0.2) is 27.7 Å². The third kappa shape index (κ3) is 3.75. The summed E-state index contributed by atoms with van der Waals surface area (Å²) in [5, 5.41) is 5.22. The van der Waals surface area contributed by atoms with Gasteiger partial charge in [-0.1, -0.05) is 48.5 Å². The molecule has 0 unspecified atom stereocenters. The van der Waals surface area contributed by atoms with Gasteiger partial charge in [0.1, 0.15) is 6.04 Å². The maximum atomic E-state index is 13.0. The first-order chi connectivity index (χ1) is 13.2. The van der Waals surface area contributed by atoms with Crippen molar-refractivity contribution in [3.63, 3.8) is 0 Å². The molecule has 27 heavy (non-hydrogen) atoms. The minimum atomic E-state index is -0.547. The number of aromatic nitrogens is 1. The summed E-state index contributed by atoms with van der Waals surface area (Å²) in [6.45, 7) is 0.458. The van der Waals surface area contributed by atoms with E-state index in [2.05, 4.69) is 10.3 Å². The van der Waals surface area contributed by atoms with Crippen LogP contribution in [0.25, 0.3) is 0 Å². The number of carbonyl (C=O) groups is 2. The van der Waals surface area contributed by atoms with Crippen molar-refractivity contribution < 1.29 is 9.59 Å². The highest BCUT2D eigenvalue weighted by molar-refractivity contribution is 7.13. The Kier molecular flexibility index (Phi) is 4.98. The lowest BCUT2D eigenvalue weighted by Gasteiger charge is -2.26. The number of nitrogens with zero attached hydrogens (tertiary/aromatic N) is 2. The molecule has 0 bridgehead atoms. The number of aryl methyl sites for hydroxylation is 1. The molecule has 0 saturated heterocycles. The van der Waals surface area contributed by atoms with Gasteiger partial charge in [-0.15, -0.1) is 11.3 Å². The van der Waals surface area contributed by atoms with Crippen LogP contribution < -0.4 is 5.32 Å². The van der Waals surface area contributed by atoms with E-state index in [4.69, 9.17) is 0 Å². The first-order valence-corrected chi connectivity index (χ1v) is 9.73. The Morgan fingerprint density at radius 3 is 2.67 bits per heavy atom. The lowest BCUT2D eigenvalue weighted by molar-refractivity contribution is -0.120.